The van der Waals surface area contributed by atoms with E-state index >= 15 is 0 Å². The van der Waals surface area contributed by atoms with Gasteiger partial charge in [-0.05, 0) is 20.0 Å². The number of hydrogen-bond acceptors (Lipinski definition) is 3. The molecule has 3 rings (SSSR count). The summed E-state index contributed by atoms with van der Waals surface area (Å²) in [6, 6.07) is 8.38. The number of fused-ring (bicyclic) bond motifs is 1. The molecule has 0 spiro atoms. The predicted octanol–water partition coefficient (Wildman–Crippen LogP) is 3.32. The highest BCUT2D eigenvalue weighted by atomic mass is 32.1. The van der Waals surface area contributed by atoms with Crippen molar-refractivity contribution in [1.82, 2.24) is 15.3 Å². The first-order valence-electron chi connectivity index (χ1n) is 5.97. The van der Waals surface area contributed by atoms with Crippen molar-refractivity contribution in [3.8, 4) is 10.4 Å². The third kappa shape index (κ3) is 1.83. The minimum atomic E-state index is 0.805. The number of hydrogen-bond donors (Lipinski definition) is 2. The van der Waals surface area contributed by atoms with E-state index in [0.29, 0.717) is 0 Å². The maximum absolute atomic E-state index is 4.61. The Balaban J connectivity index is 2.19. The van der Waals surface area contributed by atoms with E-state index in [1.807, 2.05) is 7.05 Å². The molecular weight excluding hydrogens is 242 g/mol. The smallest absolute Gasteiger partial charge is 0.0904 e. The van der Waals surface area contributed by atoms with Crippen molar-refractivity contribution in [2.75, 3.05) is 7.05 Å². The fourth-order valence-corrected chi connectivity index (χ4v) is 3.19. The number of thiazole rings is 1. The second-order valence-corrected chi connectivity index (χ2v) is 5.49. The first-order chi connectivity index (χ1) is 8.79. The lowest BCUT2D eigenvalue weighted by molar-refractivity contribution is 0.796. The normalized spacial score (nSPS) is 11.2. The van der Waals surface area contributed by atoms with Crippen molar-refractivity contribution in [3.63, 3.8) is 0 Å². The maximum Gasteiger partial charge on any atom is 0.0904 e. The highest BCUT2D eigenvalue weighted by Gasteiger charge is 2.14. The van der Waals surface area contributed by atoms with Crippen LogP contribution >= 0.6 is 11.3 Å². The van der Waals surface area contributed by atoms with Crippen LogP contribution in [0.5, 0.6) is 0 Å². The topological polar surface area (TPSA) is 40.7 Å². The Morgan fingerprint density at radius 2 is 2.17 bits per heavy atom. The lowest BCUT2D eigenvalue weighted by Gasteiger charge is -2.00. The quantitative estimate of drug-likeness (QED) is 0.755. The molecule has 3 nitrogen and oxygen atoms in total. The molecule has 1 aromatic carbocycles. The summed E-state index contributed by atoms with van der Waals surface area (Å²) in [4.78, 5) is 9.19. The summed E-state index contributed by atoms with van der Waals surface area (Å²) < 4.78 is 0. The molecule has 0 fully saturated rings. The molecule has 2 heterocycles. The Morgan fingerprint density at radius 3 is 3.00 bits per heavy atom. The summed E-state index contributed by atoms with van der Waals surface area (Å²) in [5.74, 6) is 0. The zero-order chi connectivity index (χ0) is 12.5. The number of H-pyrrole nitrogens is 1. The molecular formula is C14H15N3S. The van der Waals surface area contributed by atoms with Gasteiger partial charge in [0.2, 0.25) is 0 Å². The number of rotatable bonds is 3. The molecule has 0 saturated carbocycles. The van der Waals surface area contributed by atoms with Gasteiger partial charge in [-0.2, -0.15) is 0 Å². The number of para-hydroxylation sites is 1. The Hall–Kier alpha value is -1.65. The highest BCUT2D eigenvalue weighted by Crippen LogP contribution is 2.35. The van der Waals surface area contributed by atoms with Gasteiger partial charge in [0, 0.05) is 29.2 Å². The van der Waals surface area contributed by atoms with Crippen LogP contribution in [0.4, 0.5) is 0 Å². The van der Waals surface area contributed by atoms with Crippen LogP contribution in [-0.4, -0.2) is 17.0 Å². The standard InChI is InChI=1S/C14H15N3S/c1-9-17-13(8-15-2)14(18-9)11-7-16-12-6-4-3-5-10(11)12/h3-7,15-16H,8H2,1-2H3. The van der Waals surface area contributed by atoms with E-state index < -0.39 is 0 Å². The van der Waals surface area contributed by atoms with Crippen LogP contribution in [0.3, 0.4) is 0 Å². The second kappa shape index (κ2) is 4.55. The van der Waals surface area contributed by atoms with Gasteiger partial charge >= 0.3 is 0 Å². The van der Waals surface area contributed by atoms with Crippen LogP contribution in [-0.2, 0) is 6.54 Å². The van der Waals surface area contributed by atoms with Crippen LogP contribution in [0.2, 0.25) is 0 Å². The van der Waals surface area contributed by atoms with Gasteiger partial charge in [-0.1, -0.05) is 18.2 Å². The average molecular weight is 257 g/mol. The van der Waals surface area contributed by atoms with Crippen LogP contribution in [0.1, 0.15) is 10.7 Å². The molecule has 0 unspecified atom stereocenters. The molecule has 0 aliphatic rings. The minimum absolute atomic E-state index is 0.805. The summed E-state index contributed by atoms with van der Waals surface area (Å²) in [5, 5.41) is 5.56. The van der Waals surface area contributed by atoms with Gasteiger partial charge in [-0.25, -0.2) is 4.98 Å². The predicted molar refractivity (Wildman–Crippen MR) is 76.9 cm³/mol. The molecule has 92 valence electrons. The van der Waals surface area contributed by atoms with Crippen molar-refractivity contribution >= 4 is 22.2 Å². The molecule has 0 radical (unpaired) electrons. The van der Waals surface area contributed by atoms with Crippen molar-refractivity contribution in [3.05, 3.63) is 41.2 Å². The van der Waals surface area contributed by atoms with Gasteiger partial charge in [0.15, 0.2) is 0 Å². The van der Waals surface area contributed by atoms with Crippen LogP contribution < -0.4 is 5.32 Å². The van der Waals surface area contributed by atoms with E-state index in [1.165, 1.54) is 21.3 Å². The minimum Gasteiger partial charge on any atom is -0.361 e. The molecule has 2 aromatic heterocycles. The summed E-state index contributed by atoms with van der Waals surface area (Å²) in [6.45, 7) is 2.86. The van der Waals surface area contributed by atoms with Crippen molar-refractivity contribution in [2.24, 2.45) is 0 Å². The monoisotopic (exact) mass is 257 g/mol. The van der Waals surface area contributed by atoms with Gasteiger partial charge in [0.25, 0.3) is 0 Å². The number of aryl methyl sites for hydroxylation is 1. The van der Waals surface area contributed by atoms with Crippen LogP contribution in [0.25, 0.3) is 21.3 Å². The largest absolute Gasteiger partial charge is 0.361 e. The molecule has 2 N–H and O–H groups in total. The first-order valence-corrected chi connectivity index (χ1v) is 6.78. The van der Waals surface area contributed by atoms with E-state index in [0.717, 1.165) is 17.2 Å². The second-order valence-electron chi connectivity index (χ2n) is 4.29. The van der Waals surface area contributed by atoms with Gasteiger partial charge in [-0.15, -0.1) is 11.3 Å². The van der Waals surface area contributed by atoms with E-state index in [-0.39, 0.29) is 0 Å². The Morgan fingerprint density at radius 1 is 1.33 bits per heavy atom. The summed E-state index contributed by atoms with van der Waals surface area (Å²) in [5.41, 5.74) is 3.56. The maximum atomic E-state index is 4.61. The third-order valence-corrected chi connectivity index (χ3v) is 4.03. The molecule has 18 heavy (non-hydrogen) atoms. The van der Waals surface area contributed by atoms with Gasteiger partial charge in [0.05, 0.1) is 15.6 Å². The van der Waals surface area contributed by atoms with Gasteiger partial charge in [0.1, 0.15) is 0 Å². The molecule has 0 aliphatic carbocycles. The molecule has 4 heteroatoms. The molecule has 0 amide bonds. The van der Waals surface area contributed by atoms with E-state index in [1.54, 1.807) is 11.3 Å². The average Bonchev–Trinajstić information content (AvgIpc) is 2.93. The fraction of sp³-hybridized carbons (Fsp3) is 0.214. The fourth-order valence-electron chi connectivity index (χ4n) is 2.23. The summed E-state index contributed by atoms with van der Waals surface area (Å²) in [7, 11) is 1.95. The number of nitrogens with one attached hydrogen (secondary N) is 2. The molecule has 0 aliphatic heterocycles. The first kappa shape index (κ1) is 11.4. The van der Waals surface area contributed by atoms with Crippen molar-refractivity contribution in [1.29, 1.82) is 0 Å². The highest BCUT2D eigenvalue weighted by molar-refractivity contribution is 7.15. The van der Waals surface area contributed by atoms with Crippen molar-refractivity contribution < 1.29 is 0 Å². The zero-order valence-corrected chi connectivity index (χ0v) is 11.3. The molecule has 3 aromatic rings. The van der Waals surface area contributed by atoms with Gasteiger partial charge in [-0.3, -0.25) is 0 Å². The summed E-state index contributed by atoms with van der Waals surface area (Å²) >= 11 is 1.76. The van der Waals surface area contributed by atoms with E-state index in [4.69, 9.17) is 0 Å². The molecule has 0 saturated heterocycles. The SMILES string of the molecule is CNCc1nc(C)sc1-c1c[nH]c2ccccc12. The van der Waals surface area contributed by atoms with E-state index in [2.05, 4.69) is 52.7 Å². The zero-order valence-electron chi connectivity index (χ0n) is 10.4. The Kier molecular flexibility index (Phi) is 2.89. The number of benzene rings is 1. The van der Waals surface area contributed by atoms with Crippen molar-refractivity contribution in [2.45, 2.75) is 13.5 Å². The number of nitrogens with zero attached hydrogens (tertiary/aromatic N) is 1. The Bertz CT molecular complexity index is 681. The molecule has 0 atom stereocenters. The third-order valence-electron chi connectivity index (χ3n) is 2.98. The lowest BCUT2D eigenvalue weighted by Crippen LogP contribution is -2.06. The van der Waals surface area contributed by atoms with E-state index in [9.17, 15) is 0 Å². The number of aromatic amines is 1. The van der Waals surface area contributed by atoms with Crippen LogP contribution in [0.15, 0.2) is 30.5 Å². The summed E-state index contributed by atoms with van der Waals surface area (Å²) in [6.07, 6.45) is 2.08. The Labute approximate surface area is 110 Å². The number of aromatic nitrogens is 2. The molecule has 0 bridgehead atoms. The lowest BCUT2D eigenvalue weighted by atomic mass is 10.1. The van der Waals surface area contributed by atoms with Gasteiger partial charge < -0.3 is 10.3 Å². The van der Waals surface area contributed by atoms with Crippen LogP contribution in [0, 0.1) is 6.92 Å².